The van der Waals surface area contributed by atoms with E-state index in [-0.39, 0.29) is 12.0 Å². The Morgan fingerprint density at radius 2 is 2.41 bits per heavy atom. The van der Waals surface area contributed by atoms with Gasteiger partial charge in [-0.1, -0.05) is 0 Å². The van der Waals surface area contributed by atoms with Crippen LogP contribution in [0.1, 0.15) is 36.5 Å². The third kappa shape index (κ3) is 3.96. The Bertz CT molecular complexity index is 629. The number of thiazole rings is 1. The number of nitrogens with zero attached hydrogens (tertiary/aromatic N) is 1. The van der Waals surface area contributed by atoms with Crippen LogP contribution < -0.4 is 5.32 Å². The molecule has 1 aliphatic rings. The summed E-state index contributed by atoms with van der Waals surface area (Å²) in [6.45, 7) is 3.21. The van der Waals surface area contributed by atoms with Crippen LogP contribution in [0.15, 0.2) is 21.9 Å². The Hall–Kier alpha value is -1.66. The van der Waals surface area contributed by atoms with Gasteiger partial charge in [-0.2, -0.15) is 0 Å². The quantitative estimate of drug-likeness (QED) is 0.887. The first kappa shape index (κ1) is 15.2. The van der Waals surface area contributed by atoms with Crippen LogP contribution in [0.4, 0.5) is 0 Å². The second-order valence-corrected chi connectivity index (χ2v) is 6.53. The molecule has 1 N–H and O–H groups in total. The topological polar surface area (TPSA) is 64.4 Å². The predicted octanol–water partition coefficient (Wildman–Crippen LogP) is 3.29. The number of nitrogens with one attached hydrogen (secondary N) is 1. The monoisotopic (exact) mass is 320 g/mol. The van der Waals surface area contributed by atoms with E-state index in [0.717, 1.165) is 48.1 Å². The van der Waals surface area contributed by atoms with Crippen LogP contribution in [0, 0.1) is 6.92 Å². The summed E-state index contributed by atoms with van der Waals surface area (Å²) >= 11 is 1.59. The molecule has 3 heterocycles. The van der Waals surface area contributed by atoms with Gasteiger partial charge in [0.25, 0.3) is 0 Å². The molecule has 0 aliphatic carbocycles. The molecule has 2 aromatic rings. The normalized spacial score (nSPS) is 17.8. The Morgan fingerprint density at radius 3 is 3.14 bits per heavy atom. The highest BCUT2D eigenvalue weighted by Gasteiger charge is 2.16. The molecular weight excluding hydrogens is 300 g/mol. The van der Waals surface area contributed by atoms with Gasteiger partial charge in [0.05, 0.1) is 17.7 Å². The van der Waals surface area contributed by atoms with Crippen molar-refractivity contribution in [1.82, 2.24) is 10.3 Å². The van der Waals surface area contributed by atoms with Gasteiger partial charge in [-0.25, -0.2) is 4.98 Å². The van der Waals surface area contributed by atoms with E-state index in [9.17, 15) is 4.79 Å². The highest BCUT2D eigenvalue weighted by Crippen LogP contribution is 2.23. The minimum absolute atomic E-state index is 0.0398. The zero-order valence-electron chi connectivity index (χ0n) is 12.6. The summed E-state index contributed by atoms with van der Waals surface area (Å²) in [7, 11) is 0. The molecule has 2 aromatic heterocycles. The van der Waals surface area contributed by atoms with Gasteiger partial charge in [-0.05, 0) is 38.3 Å². The molecule has 118 valence electrons. The van der Waals surface area contributed by atoms with E-state index in [1.54, 1.807) is 11.3 Å². The second kappa shape index (κ2) is 7.07. The van der Waals surface area contributed by atoms with Crippen molar-refractivity contribution in [3.8, 4) is 11.5 Å². The lowest BCUT2D eigenvalue weighted by Crippen LogP contribution is -2.23. The number of carbonyl (C=O) groups is 1. The molecule has 5 nitrogen and oxygen atoms in total. The van der Waals surface area contributed by atoms with Crippen molar-refractivity contribution in [3.05, 3.63) is 28.3 Å². The fraction of sp³-hybridized carbons (Fsp3) is 0.500. The summed E-state index contributed by atoms with van der Waals surface area (Å²) in [5.74, 6) is 1.53. The largest absolute Gasteiger partial charge is 0.458 e. The number of hydrogen-bond donors (Lipinski definition) is 1. The predicted molar refractivity (Wildman–Crippen MR) is 84.6 cm³/mol. The van der Waals surface area contributed by atoms with E-state index in [1.807, 2.05) is 24.4 Å². The fourth-order valence-electron chi connectivity index (χ4n) is 2.53. The Balaban J connectivity index is 1.45. The van der Waals surface area contributed by atoms with Crippen LogP contribution in [0.2, 0.25) is 0 Å². The van der Waals surface area contributed by atoms with Crippen molar-refractivity contribution in [2.24, 2.45) is 0 Å². The molecule has 0 saturated carbocycles. The standard InChI is InChI=1S/C16H20N2O3S/c1-11-18-14(10-22-11)15-6-4-13(21-15)9-17-16(19)7-5-12-3-2-8-20-12/h4,6,10,12H,2-3,5,7-9H2,1H3,(H,17,19)/t12-/m1/s1. The van der Waals surface area contributed by atoms with Gasteiger partial charge in [-0.3, -0.25) is 4.79 Å². The van der Waals surface area contributed by atoms with Gasteiger partial charge >= 0.3 is 0 Å². The van der Waals surface area contributed by atoms with Crippen LogP contribution in [0.5, 0.6) is 0 Å². The lowest BCUT2D eigenvalue weighted by Gasteiger charge is -2.08. The molecule has 1 atom stereocenters. The minimum Gasteiger partial charge on any atom is -0.458 e. The Kier molecular flexibility index (Phi) is 4.90. The molecule has 0 bridgehead atoms. The summed E-state index contributed by atoms with van der Waals surface area (Å²) in [6.07, 6.45) is 3.74. The van der Waals surface area contributed by atoms with Crippen molar-refractivity contribution < 1.29 is 13.9 Å². The van der Waals surface area contributed by atoms with E-state index >= 15 is 0 Å². The molecule has 0 unspecified atom stereocenters. The summed E-state index contributed by atoms with van der Waals surface area (Å²) in [5, 5.41) is 5.87. The van der Waals surface area contributed by atoms with Gasteiger partial charge in [0.1, 0.15) is 11.5 Å². The smallest absolute Gasteiger partial charge is 0.220 e. The number of aryl methyl sites for hydroxylation is 1. The van der Waals surface area contributed by atoms with Crippen molar-refractivity contribution in [3.63, 3.8) is 0 Å². The summed E-state index contributed by atoms with van der Waals surface area (Å²) in [4.78, 5) is 16.2. The summed E-state index contributed by atoms with van der Waals surface area (Å²) < 4.78 is 11.2. The number of amides is 1. The molecular formula is C16H20N2O3S. The van der Waals surface area contributed by atoms with Gasteiger partial charge in [-0.15, -0.1) is 11.3 Å². The van der Waals surface area contributed by atoms with Gasteiger partial charge in [0, 0.05) is 18.4 Å². The van der Waals surface area contributed by atoms with Gasteiger partial charge < -0.3 is 14.5 Å². The van der Waals surface area contributed by atoms with Crippen LogP contribution in [-0.2, 0) is 16.1 Å². The zero-order chi connectivity index (χ0) is 15.4. The maximum absolute atomic E-state index is 11.8. The van der Waals surface area contributed by atoms with E-state index in [1.165, 1.54) is 0 Å². The molecule has 1 amide bonds. The fourth-order valence-corrected chi connectivity index (χ4v) is 3.13. The van der Waals surface area contributed by atoms with Crippen molar-refractivity contribution in [2.45, 2.75) is 45.3 Å². The maximum atomic E-state index is 11.8. The molecule has 0 aromatic carbocycles. The number of furan rings is 1. The van der Waals surface area contributed by atoms with Crippen LogP contribution in [0.25, 0.3) is 11.5 Å². The number of aromatic nitrogens is 1. The number of carbonyl (C=O) groups excluding carboxylic acids is 1. The second-order valence-electron chi connectivity index (χ2n) is 5.47. The average molecular weight is 320 g/mol. The molecule has 0 radical (unpaired) electrons. The van der Waals surface area contributed by atoms with Gasteiger partial charge in [0.15, 0.2) is 5.76 Å². The molecule has 22 heavy (non-hydrogen) atoms. The first-order valence-electron chi connectivity index (χ1n) is 7.60. The number of rotatable bonds is 6. The van der Waals surface area contributed by atoms with E-state index in [4.69, 9.17) is 9.15 Å². The number of ether oxygens (including phenoxy) is 1. The van der Waals surface area contributed by atoms with E-state index in [2.05, 4.69) is 10.3 Å². The van der Waals surface area contributed by atoms with Crippen molar-refractivity contribution in [1.29, 1.82) is 0 Å². The summed E-state index contributed by atoms with van der Waals surface area (Å²) in [5.41, 5.74) is 0.846. The molecule has 1 fully saturated rings. The molecule has 3 rings (SSSR count). The lowest BCUT2D eigenvalue weighted by molar-refractivity contribution is -0.121. The average Bonchev–Trinajstić information content (AvgIpc) is 3.24. The lowest BCUT2D eigenvalue weighted by atomic mass is 10.1. The molecule has 1 saturated heterocycles. The first-order chi connectivity index (χ1) is 10.7. The Morgan fingerprint density at radius 1 is 1.50 bits per heavy atom. The van der Waals surface area contributed by atoms with Crippen LogP contribution >= 0.6 is 11.3 Å². The van der Waals surface area contributed by atoms with E-state index < -0.39 is 0 Å². The van der Waals surface area contributed by atoms with Gasteiger partial charge in [0.2, 0.25) is 5.91 Å². The minimum atomic E-state index is 0.0398. The Labute approximate surface area is 133 Å². The SMILES string of the molecule is Cc1nc(-c2ccc(CNC(=O)CC[C@H]3CCCO3)o2)cs1. The maximum Gasteiger partial charge on any atom is 0.220 e. The van der Waals surface area contributed by atoms with Crippen molar-refractivity contribution >= 4 is 17.2 Å². The molecule has 0 spiro atoms. The highest BCUT2D eigenvalue weighted by molar-refractivity contribution is 7.09. The van der Waals surface area contributed by atoms with Crippen LogP contribution in [0.3, 0.4) is 0 Å². The molecule has 6 heteroatoms. The zero-order valence-corrected chi connectivity index (χ0v) is 13.4. The highest BCUT2D eigenvalue weighted by atomic mass is 32.1. The third-order valence-corrected chi connectivity index (χ3v) is 4.48. The van der Waals surface area contributed by atoms with Crippen molar-refractivity contribution in [2.75, 3.05) is 6.61 Å². The van der Waals surface area contributed by atoms with E-state index in [0.29, 0.717) is 13.0 Å². The number of hydrogen-bond acceptors (Lipinski definition) is 5. The van der Waals surface area contributed by atoms with Crippen LogP contribution in [-0.4, -0.2) is 23.6 Å². The molecule has 1 aliphatic heterocycles. The summed E-state index contributed by atoms with van der Waals surface area (Å²) in [6, 6.07) is 3.77. The first-order valence-corrected chi connectivity index (χ1v) is 8.48. The third-order valence-electron chi connectivity index (χ3n) is 3.71.